The number of hydrogen-bond acceptors (Lipinski definition) is 3. The molecule has 0 saturated carbocycles. The summed E-state index contributed by atoms with van der Waals surface area (Å²) in [5, 5.41) is 3.25. The van der Waals surface area contributed by atoms with E-state index >= 15 is 0 Å². The van der Waals surface area contributed by atoms with Gasteiger partial charge in [0.1, 0.15) is 5.75 Å². The summed E-state index contributed by atoms with van der Waals surface area (Å²) in [6, 6.07) is 5.72. The second kappa shape index (κ2) is 10.1. The Morgan fingerprint density at radius 2 is 1.95 bits per heavy atom. The molecule has 1 aliphatic heterocycles. The van der Waals surface area contributed by atoms with Gasteiger partial charge in [-0.2, -0.15) is 0 Å². The van der Waals surface area contributed by atoms with Crippen molar-refractivity contribution in [1.82, 2.24) is 4.90 Å². The maximum Gasteiger partial charge on any atom is 0.414 e. The summed E-state index contributed by atoms with van der Waals surface area (Å²) in [7, 11) is 1.72. The molecule has 0 unspecified atom stereocenters. The molecule has 0 aromatic heterocycles. The van der Waals surface area contributed by atoms with E-state index in [4.69, 9.17) is 4.74 Å². The van der Waals surface area contributed by atoms with Crippen molar-refractivity contribution in [3.05, 3.63) is 23.8 Å². The molecule has 0 aliphatic carbocycles. The lowest BCUT2D eigenvalue weighted by molar-refractivity contribution is 0.165. The molecule has 0 saturated heterocycles. The quantitative estimate of drug-likeness (QED) is 0.884. The van der Waals surface area contributed by atoms with E-state index in [9.17, 15) is 4.79 Å². The predicted octanol–water partition coefficient (Wildman–Crippen LogP) is 4.16. The van der Waals surface area contributed by atoms with Gasteiger partial charge < -0.3 is 15.0 Å². The van der Waals surface area contributed by atoms with Gasteiger partial charge in [0.2, 0.25) is 0 Å². The minimum absolute atomic E-state index is 0.319. The van der Waals surface area contributed by atoms with Gasteiger partial charge in [-0.15, -0.1) is 0 Å². The molecule has 114 valence electrons. The SMILES string of the molecule is CC.CC.CCN(C)C(=O)Oc1ccc2c(c1)NCC2. The third-order valence-electron chi connectivity index (χ3n) is 2.78. The van der Waals surface area contributed by atoms with Crippen LogP contribution in [0.25, 0.3) is 0 Å². The molecule has 4 heteroatoms. The number of amides is 1. The van der Waals surface area contributed by atoms with Crippen molar-refractivity contribution in [2.75, 3.05) is 25.5 Å². The van der Waals surface area contributed by atoms with Crippen molar-refractivity contribution in [3.8, 4) is 5.75 Å². The number of ether oxygens (including phenoxy) is 1. The van der Waals surface area contributed by atoms with Gasteiger partial charge >= 0.3 is 6.09 Å². The highest BCUT2D eigenvalue weighted by atomic mass is 16.6. The molecule has 2 rings (SSSR count). The lowest BCUT2D eigenvalue weighted by atomic mass is 10.1. The lowest BCUT2D eigenvalue weighted by Crippen LogP contribution is -2.29. The van der Waals surface area contributed by atoms with Gasteiger partial charge in [-0.3, -0.25) is 0 Å². The Morgan fingerprint density at radius 3 is 2.55 bits per heavy atom. The van der Waals surface area contributed by atoms with E-state index in [0.29, 0.717) is 12.3 Å². The van der Waals surface area contributed by atoms with Crippen molar-refractivity contribution >= 4 is 11.8 Å². The van der Waals surface area contributed by atoms with Crippen LogP contribution < -0.4 is 10.1 Å². The van der Waals surface area contributed by atoms with Crippen molar-refractivity contribution < 1.29 is 9.53 Å². The number of nitrogens with zero attached hydrogens (tertiary/aromatic N) is 1. The van der Waals surface area contributed by atoms with Crippen LogP contribution in [-0.4, -0.2) is 31.1 Å². The van der Waals surface area contributed by atoms with E-state index < -0.39 is 0 Å². The Labute approximate surface area is 123 Å². The van der Waals surface area contributed by atoms with Gasteiger partial charge in [0.15, 0.2) is 0 Å². The highest BCUT2D eigenvalue weighted by Crippen LogP contribution is 2.27. The van der Waals surface area contributed by atoms with E-state index in [-0.39, 0.29) is 6.09 Å². The van der Waals surface area contributed by atoms with Gasteiger partial charge in [-0.1, -0.05) is 33.8 Å². The molecule has 1 aromatic carbocycles. The summed E-state index contributed by atoms with van der Waals surface area (Å²) in [6.07, 6.45) is 0.721. The zero-order chi connectivity index (χ0) is 15.5. The first kappa shape index (κ1) is 18.3. The van der Waals surface area contributed by atoms with E-state index in [2.05, 4.69) is 5.32 Å². The van der Waals surface area contributed by atoms with E-state index in [1.54, 1.807) is 7.05 Å². The van der Waals surface area contributed by atoms with Crippen molar-refractivity contribution in [3.63, 3.8) is 0 Å². The van der Waals surface area contributed by atoms with E-state index in [1.165, 1.54) is 10.5 Å². The number of nitrogens with one attached hydrogen (secondary N) is 1. The van der Waals surface area contributed by atoms with E-state index in [1.807, 2.05) is 52.8 Å². The first-order valence-electron chi connectivity index (χ1n) is 7.50. The third kappa shape index (κ3) is 5.11. The fourth-order valence-corrected chi connectivity index (χ4v) is 1.64. The van der Waals surface area contributed by atoms with Gasteiger partial charge in [-0.25, -0.2) is 4.79 Å². The summed E-state index contributed by atoms with van der Waals surface area (Å²) in [5.74, 6) is 0.596. The molecule has 0 radical (unpaired) electrons. The molecule has 20 heavy (non-hydrogen) atoms. The molecule has 0 spiro atoms. The Kier molecular flexibility index (Phi) is 9.26. The number of fused-ring (bicyclic) bond motifs is 1. The molecular weight excluding hydrogens is 252 g/mol. The zero-order valence-corrected chi connectivity index (χ0v) is 13.6. The topological polar surface area (TPSA) is 41.6 Å². The average molecular weight is 280 g/mol. The summed E-state index contributed by atoms with van der Waals surface area (Å²) < 4.78 is 5.24. The molecule has 0 atom stereocenters. The first-order chi connectivity index (χ1) is 9.70. The largest absolute Gasteiger partial charge is 0.414 e. The van der Waals surface area contributed by atoms with Crippen LogP contribution >= 0.6 is 0 Å². The highest BCUT2D eigenvalue weighted by molar-refractivity contribution is 5.71. The molecule has 0 bridgehead atoms. The van der Waals surface area contributed by atoms with Crippen LogP contribution in [-0.2, 0) is 6.42 Å². The van der Waals surface area contributed by atoms with Crippen molar-refractivity contribution in [2.24, 2.45) is 0 Å². The fourth-order valence-electron chi connectivity index (χ4n) is 1.64. The maximum absolute atomic E-state index is 11.5. The molecular formula is C16H28N2O2. The Bertz CT molecular complexity index is 405. The number of rotatable bonds is 2. The summed E-state index contributed by atoms with van der Waals surface area (Å²) in [4.78, 5) is 13.1. The minimum atomic E-state index is -0.319. The fraction of sp³-hybridized carbons (Fsp3) is 0.562. The summed E-state index contributed by atoms with van der Waals surface area (Å²) >= 11 is 0. The lowest BCUT2D eigenvalue weighted by Gasteiger charge is -2.14. The Morgan fingerprint density at radius 1 is 1.30 bits per heavy atom. The molecule has 1 N–H and O–H groups in total. The number of hydrogen-bond donors (Lipinski definition) is 1. The van der Waals surface area contributed by atoms with Crippen LogP contribution in [0, 0.1) is 0 Å². The maximum atomic E-state index is 11.5. The third-order valence-corrected chi connectivity index (χ3v) is 2.78. The molecule has 4 nitrogen and oxygen atoms in total. The smallest absolute Gasteiger partial charge is 0.410 e. The second-order valence-corrected chi connectivity index (χ2v) is 3.88. The first-order valence-corrected chi connectivity index (χ1v) is 7.50. The van der Waals surface area contributed by atoms with Crippen LogP contribution in [0.5, 0.6) is 5.75 Å². The monoisotopic (exact) mass is 280 g/mol. The van der Waals surface area contributed by atoms with Gasteiger partial charge in [0.25, 0.3) is 0 Å². The van der Waals surface area contributed by atoms with E-state index in [0.717, 1.165) is 18.7 Å². The van der Waals surface area contributed by atoms with Gasteiger partial charge in [0.05, 0.1) is 0 Å². The Balaban J connectivity index is 0.000000829. The molecule has 1 aromatic rings. The summed E-state index contributed by atoms with van der Waals surface area (Å²) in [5.41, 5.74) is 2.35. The number of anilines is 1. The Hall–Kier alpha value is -1.71. The second-order valence-electron chi connectivity index (χ2n) is 3.88. The number of carbonyl (C=O) groups is 1. The van der Waals surface area contributed by atoms with Crippen LogP contribution in [0.15, 0.2) is 18.2 Å². The van der Waals surface area contributed by atoms with Crippen LogP contribution in [0.4, 0.5) is 10.5 Å². The van der Waals surface area contributed by atoms with Crippen molar-refractivity contribution in [2.45, 2.75) is 41.0 Å². The average Bonchev–Trinajstić information content (AvgIpc) is 2.98. The van der Waals surface area contributed by atoms with Crippen LogP contribution in [0.2, 0.25) is 0 Å². The van der Waals surface area contributed by atoms with Gasteiger partial charge in [-0.05, 0) is 25.0 Å². The molecule has 1 heterocycles. The zero-order valence-electron chi connectivity index (χ0n) is 13.6. The number of carbonyl (C=O) groups excluding carboxylic acids is 1. The standard InChI is InChI=1S/C12H16N2O2.2C2H6/c1-3-14(2)12(15)16-10-5-4-9-6-7-13-11(9)8-10;2*1-2/h4-5,8,13H,3,6-7H2,1-2H3;2*1-2H3. The highest BCUT2D eigenvalue weighted by Gasteiger charge is 2.13. The van der Waals surface area contributed by atoms with Gasteiger partial charge in [0, 0.05) is 31.9 Å². The normalized spacial score (nSPS) is 10.9. The minimum Gasteiger partial charge on any atom is -0.410 e. The van der Waals surface area contributed by atoms with Crippen LogP contribution in [0.3, 0.4) is 0 Å². The molecule has 1 amide bonds. The molecule has 0 fully saturated rings. The predicted molar refractivity (Wildman–Crippen MR) is 85.7 cm³/mol. The van der Waals surface area contributed by atoms with Crippen LogP contribution in [0.1, 0.15) is 40.2 Å². The summed E-state index contributed by atoms with van der Waals surface area (Å²) in [6.45, 7) is 11.5. The number of benzene rings is 1. The van der Waals surface area contributed by atoms with Crippen molar-refractivity contribution in [1.29, 1.82) is 0 Å². The molecule has 1 aliphatic rings.